The van der Waals surface area contributed by atoms with Gasteiger partial charge in [0.1, 0.15) is 5.69 Å². The fraction of sp³-hybridized carbons (Fsp3) is 0.353. The van der Waals surface area contributed by atoms with Crippen molar-refractivity contribution in [3.8, 4) is 0 Å². The van der Waals surface area contributed by atoms with E-state index in [0.29, 0.717) is 17.2 Å². The van der Waals surface area contributed by atoms with Crippen LogP contribution in [0.3, 0.4) is 0 Å². The van der Waals surface area contributed by atoms with Crippen LogP contribution in [0.25, 0.3) is 0 Å². The topological polar surface area (TPSA) is 71.1 Å². The Morgan fingerprint density at radius 1 is 1.17 bits per heavy atom. The highest BCUT2D eigenvalue weighted by Crippen LogP contribution is 2.18. The van der Waals surface area contributed by atoms with Crippen molar-refractivity contribution in [1.82, 2.24) is 10.3 Å². The van der Waals surface area contributed by atoms with Crippen molar-refractivity contribution in [3.05, 3.63) is 47.0 Å². The molecule has 23 heavy (non-hydrogen) atoms. The molecule has 2 amide bonds. The summed E-state index contributed by atoms with van der Waals surface area (Å²) in [6.07, 6.45) is 0.437. The second kappa shape index (κ2) is 7.87. The highest BCUT2D eigenvalue weighted by molar-refractivity contribution is 7.14. The molecule has 0 aliphatic carbocycles. The Kier molecular flexibility index (Phi) is 5.87. The maximum absolute atomic E-state index is 12.2. The van der Waals surface area contributed by atoms with Crippen LogP contribution >= 0.6 is 11.3 Å². The van der Waals surface area contributed by atoms with E-state index < -0.39 is 0 Å². The van der Waals surface area contributed by atoms with Gasteiger partial charge in [0.15, 0.2) is 5.13 Å². The van der Waals surface area contributed by atoms with E-state index in [1.165, 1.54) is 11.3 Å². The highest BCUT2D eigenvalue weighted by Gasteiger charge is 2.15. The molecule has 2 rings (SSSR count). The zero-order chi connectivity index (χ0) is 16.8. The van der Waals surface area contributed by atoms with Crippen LogP contribution in [0.5, 0.6) is 0 Å². The first-order chi connectivity index (χ1) is 11.0. The van der Waals surface area contributed by atoms with Crippen LogP contribution in [-0.4, -0.2) is 16.8 Å². The van der Waals surface area contributed by atoms with Gasteiger partial charge in [0, 0.05) is 11.8 Å². The van der Waals surface area contributed by atoms with Gasteiger partial charge in [-0.3, -0.25) is 9.59 Å². The first-order valence-electron chi connectivity index (χ1n) is 7.57. The SMILES string of the molecule is CC(C)CC(=O)Nc1nc(C(=O)N[C@H](C)c2ccccc2)cs1. The molecule has 5 nitrogen and oxygen atoms in total. The van der Waals surface area contributed by atoms with Gasteiger partial charge in [-0.05, 0) is 18.4 Å². The number of amides is 2. The lowest BCUT2D eigenvalue weighted by Gasteiger charge is -2.13. The number of hydrogen-bond donors (Lipinski definition) is 2. The lowest BCUT2D eigenvalue weighted by molar-refractivity contribution is -0.116. The number of thiazole rings is 1. The molecule has 1 aromatic carbocycles. The molecule has 0 spiro atoms. The van der Waals surface area contributed by atoms with Crippen molar-refractivity contribution in [1.29, 1.82) is 0 Å². The summed E-state index contributed by atoms with van der Waals surface area (Å²) in [6, 6.07) is 9.62. The largest absolute Gasteiger partial charge is 0.344 e. The molecule has 0 bridgehead atoms. The van der Waals surface area contributed by atoms with E-state index in [1.54, 1.807) is 5.38 Å². The van der Waals surface area contributed by atoms with E-state index in [0.717, 1.165) is 5.56 Å². The minimum Gasteiger partial charge on any atom is -0.344 e. The molecule has 0 fully saturated rings. The first kappa shape index (κ1) is 17.1. The maximum atomic E-state index is 12.2. The average Bonchev–Trinajstić information content (AvgIpc) is 2.95. The van der Waals surface area contributed by atoms with Gasteiger partial charge in [0.25, 0.3) is 5.91 Å². The number of nitrogens with zero attached hydrogens (tertiary/aromatic N) is 1. The maximum Gasteiger partial charge on any atom is 0.271 e. The number of carbonyl (C=O) groups excluding carboxylic acids is 2. The lowest BCUT2D eigenvalue weighted by Crippen LogP contribution is -2.27. The van der Waals surface area contributed by atoms with Crippen molar-refractivity contribution in [3.63, 3.8) is 0 Å². The molecule has 1 atom stereocenters. The van der Waals surface area contributed by atoms with Gasteiger partial charge < -0.3 is 10.6 Å². The van der Waals surface area contributed by atoms with Gasteiger partial charge in [-0.25, -0.2) is 4.98 Å². The number of hydrogen-bond acceptors (Lipinski definition) is 4. The van der Waals surface area contributed by atoms with Crippen molar-refractivity contribution in [2.24, 2.45) is 5.92 Å². The van der Waals surface area contributed by atoms with Crippen molar-refractivity contribution >= 4 is 28.3 Å². The fourth-order valence-corrected chi connectivity index (χ4v) is 2.78. The molecular formula is C17H21N3O2S. The molecule has 1 heterocycles. The van der Waals surface area contributed by atoms with Gasteiger partial charge >= 0.3 is 0 Å². The third-order valence-corrected chi connectivity index (χ3v) is 3.98. The summed E-state index contributed by atoms with van der Waals surface area (Å²) in [5.41, 5.74) is 1.35. The molecular weight excluding hydrogens is 310 g/mol. The molecule has 2 N–H and O–H groups in total. The van der Waals surface area contributed by atoms with Crippen LogP contribution in [0.1, 0.15) is 49.3 Å². The zero-order valence-electron chi connectivity index (χ0n) is 13.5. The number of aromatic nitrogens is 1. The summed E-state index contributed by atoms with van der Waals surface area (Å²) in [4.78, 5) is 28.1. The van der Waals surface area contributed by atoms with Crippen LogP contribution in [-0.2, 0) is 4.79 Å². The Hall–Kier alpha value is -2.21. The van der Waals surface area contributed by atoms with Crippen molar-refractivity contribution in [2.75, 3.05) is 5.32 Å². The number of benzene rings is 1. The van der Waals surface area contributed by atoms with Crippen LogP contribution < -0.4 is 10.6 Å². The molecule has 0 unspecified atom stereocenters. The molecule has 6 heteroatoms. The van der Waals surface area contributed by atoms with Gasteiger partial charge in [0.05, 0.1) is 6.04 Å². The van der Waals surface area contributed by atoms with Gasteiger partial charge in [0.2, 0.25) is 5.91 Å². The Labute approximate surface area is 140 Å². The van der Waals surface area contributed by atoms with E-state index in [2.05, 4.69) is 15.6 Å². The predicted molar refractivity (Wildman–Crippen MR) is 92.5 cm³/mol. The molecule has 0 aliphatic rings. The number of carbonyl (C=O) groups is 2. The first-order valence-corrected chi connectivity index (χ1v) is 8.45. The van der Waals surface area contributed by atoms with E-state index in [9.17, 15) is 9.59 Å². The summed E-state index contributed by atoms with van der Waals surface area (Å²) in [6.45, 7) is 5.88. The van der Waals surface area contributed by atoms with Crippen LogP contribution in [0, 0.1) is 5.92 Å². The lowest BCUT2D eigenvalue weighted by atomic mass is 10.1. The quantitative estimate of drug-likeness (QED) is 0.849. The molecule has 122 valence electrons. The summed E-state index contributed by atoms with van der Waals surface area (Å²) in [5.74, 6) is -0.0506. The smallest absolute Gasteiger partial charge is 0.271 e. The van der Waals surface area contributed by atoms with Gasteiger partial charge in [-0.1, -0.05) is 44.2 Å². The van der Waals surface area contributed by atoms with Crippen molar-refractivity contribution in [2.45, 2.75) is 33.2 Å². The van der Waals surface area contributed by atoms with Crippen molar-refractivity contribution < 1.29 is 9.59 Å². The Morgan fingerprint density at radius 3 is 2.52 bits per heavy atom. The summed E-state index contributed by atoms with van der Waals surface area (Å²) >= 11 is 1.25. The van der Waals surface area contributed by atoms with E-state index in [-0.39, 0.29) is 23.8 Å². The Bertz CT molecular complexity index is 667. The number of nitrogens with one attached hydrogen (secondary N) is 2. The second-order valence-electron chi connectivity index (χ2n) is 5.79. The third-order valence-electron chi connectivity index (χ3n) is 3.22. The summed E-state index contributed by atoms with van der Waals surface area (Å²) in [5, 5.41) is 7.73. The predicted octanol–water partition coefficient (Wildman–Crippen LogP) is 3.62. The minimum absolute atomic E-state index is 0.0843. The van der Waals surface area contributed by atoms with Gasteiger partial charge in [-0.2, -0.15) is 0 Å². The minimum atomic E-state index is -0.248. The van der Waals surface area contributed by atoms with E-state index >= 15 is 0 Å². The molecule has 0 saturated carbocycles. The van der Waals surface area contributed by atoms with E-state index in [4.69, 9.17) is 0 Å². The third kappa shape index (κ3) is 5.17. The average molecular weight is 331 g/mol. The van der Waals surface area contributed by atoms with E-state index in [1.807, 2.05) is 51.1 Å². The highest BCUT2D eigenvalue weighted by atomic mass is 32.1. The monoisotopic (exact) mass is 331 g/mol. The second-order valence-corrected chi connectivity index (χ2v) is 6.65. The molecule has 0 saturated heterocycles. The van der Waals surface area contributed by atoms with Gasteiger partial charge in [-0.15, -0.1) is 11.3 Å². The normalized spacial score (nSPS) is 12.0. The molecule has 0 aliphatic heterocycles. The van der Waals surface area contributed by atoms with Crippen LogP contribution in [0.15, 0.2) is 35.7 Å². The Morgan fingerprint density at radius 2 is 1.87 bits per heavy atom. The summed E-state index contributed by atoms with van der Waals surface area (Å²) < 4.78 is 0. The summed E-state index contributed by atoms with van der Waals surface area (Å²) in [7, 11) is 0. The Balaban J connectivity index is 1.94. The number of rotatable bonds is 6. The van der Waals surface area contributed by atoms with Crippen LogP contribution in [0.4, 0.5) is 5.13 Å². The van der Waals surface area contributed by atoms with Crippen LogP contribution in [0.2, 0.25) is 0 Å². The zero-order valence-corrected chi connectivity index (χ0v) is 14.3. The fourth-order valence-electron chi connectivity index (χ4n) is 2.07. The molecule has 2 aromatic rings. The molecule has 0 radical (unpaired) electrons. The standard InChI is InChI=1S/C17H21N3O2S/c1-11(2)9-15(21)20-17-19-14(10-23-17)16(22)18-12(3)13-7-5-4-6-8-13/h4-8,10-12H,9H2,1-3H3,(H,18,22)(H,19,20,21)/t12-/m1/s1. The number of anilines is 1. The molecule has 1 aromatic heterocycles.